The number of ether oxygens (including phenoxy) is 3. The smallest absolute Gasteiger partial charge is 0.248 e. The number of methoxy groups -OCH3 is 3. The molecule has 0 radical (unpaired) electrons. The first-order valence-corrected chi connectivity index (χ1v) is 11.0. The van der Waals surface area contributed by atoms with Gasteiger partial charge in [0.2, 0.25) is 11.7 Å². The maximum Gasteiger partial charge on any atom is 0.248 e. The minimum atomic E-state index is -0.330. The van der Waals surface area contributed by atoms with Gasteiger partial charge in [0.05, 0.1) is 27.5 Å². The quantitative estimate of drug-likeness (QED) is 0.532. The standard InChI is InChI=1S/C26H29N3O4/c1-31-23-14-18(15-24(32-2)25(23)33-3)17-27-29-13-7-6-10-22(29)26(30)28-21-12-11-19-8-4-5-9-20(19)16-21/h4-5,8-9,11-12,14-17,22H,6-7,10,13H2,1-3H3,(H,28,30)/b27-17+. The van der Waals surface area contributed by atoms with Crippen LogP contribution < -0.4 is 19.5 Å². The van der Waals surface area contributed by atoms with Crippen molar-refractivity contribution in [1.29, 1.82) is 0 Å². The number of hydrazone groups is 1. The summed E-state index contributed by atoms with van der Waals surface area (Å²) in [6.07, 6.45) is 4.47. The predicted octanol–water partition coefficient (Wildman–Crippen LogP) is 4.69. The van der Waals surface area contributed by atoms with Crippen LogP contribution in [0.1, 0.15) is 24.8 Å². The fourth-order valence-electron chi connectivity index (χ4n) is 4.13. The van der Waals surface area contributed by atoms with Gasteiger partial charge in [0.1, 0.15) is 6.04 Å². The van der Waals surface area contributed by atoms with Gasteiger partial charge in [-0.3, -0.25) is 9.80 Å². The van der Waals surface area contributed by atoms with Gasteiger partial charge in [-0.1, -0.05) is 30.3 Å². The van der Waals surface area contributed by atoms with E-state index in [1.807, 2.05) is 53.5 Å². The summed E-state index contributed by atoms with van der Waals surface area (Å²) in [6.45, 7) is 0.719. The van der Waals surface area contributed by atoms with Gasteiger partial charge in [-0.05, 0) is 54.3 Å². The molecule has 7 nitrogen and oxygen atoms in total. The molecule has 1 heterocycles. The Bertz CT molecular complexity index is 1140. The molecule has 3 aromatic carbocycles. The van der Waals surface area contributed by atoms with Crippen LogP contribution in [0.25, 0.3) is 10.8 Å². The molecule has 1 saturated heterocycles. The lowest BCUT2D eigenvalue weighted by Gasteiger charge is -2.32. The molecule has 3 aromatic rings. The van der Waals surface area contributed by atoms with Crippen LogP contribution in [0, 0.1) is 0 Å². The molecule has 0 spiro atoms. The molecule has 1 amide bonds. The number of rotatable bonds is 7. The third-order valence-corrected chi connectivity index (χ3v) is 5.84. The molecule has 1 fully saturated rings. The number of piperidine rings is 1. The highest BCUT2D eigenvalue weighted by molar-refractivity contribution is 5.97. The first-order chi connectivity index (χ1) is 16.1. The van der Waals surface area contributed by atoms with E-state index >= 15 is 0 Å². The molecule has 1 N–H and O–H groups in total. The Morgan fingerprint density at radius 2 is 1.70 bits per heavy atom. The van der Waals surface area contributed by atoms with Gasteiger partial charge in [0, 0.05) is 17.8 Å². The lowest BCUT2D eigenvalue weighted by atomic mass is 10.0. The number of anilines is 1. The maximum absolute atomic E-state index is 13.1. The van der Waals surface area contributed by atoms with Crippen LogP contribution in [0.5, 0.6) is 17.2 Å². The van der Waals surface area contributed by atoms with E-state index in [2.05, 4.69) is 16.5 Å². The van der Waals surface area contributed by atoms with Crippen molar-refractivity contribution in [2.75, 3.05) is 33.2 Å². The van der Waals surface area contributed by atoms with E-state index in [0.29, 0.717) is 17.2 Å². The monoisotopic (exact) mass is 447 g/mol. The van der Waals surface area contributed by atoms with Gasteiger partial charge in [0.25, 0.3) is 0 Å². The minimum Gasteiger partial charge on any atom is -0.493 e. The van der Waals surface area contributed by atoms with Crippen LogP contribution in [-0.2, 0) is 4.79 Å². The van der Waals surface area contributed by atoms with Crippen LogP contribution in [0.3, 0.4) is 0 Å². The normalized spacial score (nSPS) is 16.1. The highest BCUT2D eigenvalue weighted by atomic mass is 16.5. The van der Waals surface area contributed by atoms with E-state index in [1.165, 1.54) is 0 Å². The van der Waals surface area contributed by atoms with E-state index < -0.39 is 0 Å². The predicted molar refractivity (Wildman–Crippen MR) is 131 cm³/mol. The Morgan fingerprint density at radius 3 is 2.39 bits per heavy atom. The number of carbonyl (C=O) groups is 1. The highest BCUT2D eigenvalue weighted by Gasteiger charge is 2.28. The van der Waals surface area contributed by atoms with Crippen LogP contribution in [0.15, 0.2) is 59.7 Å². The number of nitrogens with zero attached hydrogens (tertiary/aromatic N) is 2. The fourth-order valence-corrected chi connectivity index (χ4v) is 4.13. The maximum atomic E-state index is 13.1. The van der Waals surface area contributed by atoms with Crippen LogP contribution >= 0.6 is 0 Å². The molecule has 1 unspecified atom stereocenters. The van der Waals surface area contributed by atoms with E-state index in [4.69, 9.17) is 14.2 Å². The minimum absolute atomic E-state index is 0.0491. The van der Waals surface area contributed by atoms with E-state index in [-0.39, 0.29) is 11.9 Å². The molecule has 0 saturated carbocycles. The summed E-state index contributed by atoms with van der Waals surface area (Å²) in [5.41, 5.74) is 1.58. The summed E-state index contributed by atoms with van der Waals surface area (Å²) < 4.78 is 16.2. The molecule has 4 rings (SSSR count). The Balaban J connectivity index is 1.52. The number of hydrogen-bond donors (Lipinski definition) is 1. The summed E-state index contributed by atoms with van der Waals surface area (Å²) in [6, 6.07) is 17.4. The van der Waals surface area contributed by atoms with Crippen molar-refractivity contribution in [2.24, 2.45) is 5.10 Å². The zero-order valence-electron chi connectivity index (χ0n) is 19.2. The van der Waals surface area contributed by atoms with Crippen LogP contribution in [0.2, 0.25) is 0 Å². The zero-order chi connectivity index (χ0) is 23.2. The number of fused-ring (bicyclic) bond motifs is 1. The third-order valence-electron chi connectivity index (χ3n) is 5.84. The van der Waals surface area contributed by atoms with E-state index in [9.17, 15) is 4.79 Å². The summed E-state index contributed by atoms with van der Waals surface area (Å²) in [5.74, 6) is 1.60. The summed E-state index contributed by atoms with van der Waals surface area (Å²) in [4.78, 5) is 13.1. The van der Waals surface area contributed by atoms with E-state index in [1.54, 1.807) is 27.5 Å². The Kier molecular flexibility index (Phi) is 6.98. The van der Waals surface area contributed by atoms with Crippen molar-refractivity contribution in [3.63, 3.8) is 0 Å². The molecule has 0 aromatic heterocycles. The topological polar surface area (TPSA) is 72.4 Å². The number of carbonyl (C=O) groups excluding carboxylic acids is 1. The van der Waals surface area contributed by atoms with Crippen molar-refractivity contribution in [3.05, 3.63) is 60.2 Å². The molecular weight excluding hydrogens is 418 g/mol. The summed E-state index contributed by atoms with van der Waals surface area (Å²) in [7, 11) is 4.73. The Morgan fingerprint density at radius 1 is 0.970 bits per heavy atom. The molecule has 0 aliphatic carbocycles. The zero-order valence-corrected chi connectivity index (χ0v) is 19.2. The molecule has 1 aliphatic rings. The SMILES string of the molecule is COc1cc(/C=N/N2CCCCC2C(=O)Nc2ccc3ccccc3c2)cc(OC)c1OC. The molecule has 172 valence electrons. The Labute approximate surface area is 193 Å². The number of benzene rings is 3. The average molecular weight is 448 g/mol. The molecule has 0 bridgehead atoms. The van der Waals surface area contributed by atoms with Crippen LogP contribution in [0.4, 0.5) is 5.69 Å². The van der Waals surface area contributed by atoms with E-state index in [0.717, 1.165) is 47.8 Å². The lowest BCUT2D eigenvalue weighted by molar-refractivity contribution is -0.122. The fraction of sp³-hybridized carbons (Fsp3) is 0.308. The van der Waals surface area contributed by atoms with Gasteiger partial charge in [-0.25, -0.2) is 0 Å². The number of hydrogen-bond acceptors (Lipinski definition) is 6. The second kappa shape index (κ2) is 10.3. The van der Waals surface area contributed by atoms with Crippen molar-refractivity contribution in [3.8, 4) is 17.2 Å². The summed E-state index contributed by atoms with van der Waals surface area (Å²) in [5, 5.41) is 11.8. The molecule has 1 aliphatic heterocycles. The van der Waals surface area contributed by atoms with Gasteiger partial charge >= 0.3 is 0 Å². The van der Waals surface area contributed by atoms with Crippen molar-refractivity contribution < 1.29 is 19.0 Å². The van der Waals surface area contributed by atoms with Crippen molar-refractivity contribution in [2.45, 2.75) is 25.3 Å². The third kappa shape index (κ3) is 5.03. The first-order valence-electron chi connectivity index (χ1n) is 11.0. The lowest BCUT2D eigenvalue weighted by Crippen LogP contribution is -2.44. The number of amides is 1. The highest BCUT2D eigenvalue weighted by Crippen LogP contribution is 2.37. The van der Waals surface area contributed by atoms with Gasteiger partial charge in [-0.15, -0.1) is 0 Å². The Hall–Kier alpha value is -3.74. The summed E-state index contributed by atoms with van der Waals surface area (Å²) >= 11 is 0. The largest absolute Gasteiger partial charge is 0.493 e. The van der Waals surface area contributed by atoms with Gasteiger partial charge in [-0.2, -0.15) is 5.10 Å². The second-order valence-electron chi connectivity index (χ2n) is 7.93. The first kappa shape index (κ1) is 22.5. The average Bonchev–Trinajstić information content (AvgIpc) is 2.86. The van der Waals surface area contributed by atoms with Gasteiger partial charge in [0.15, 0.2) is 11.5 Å². The van der Waals surface area contributed by atoms with Crippen molar-refractivity contribution >= 4 is 28.6 Å². The molecular formula is C26H29N3O4. The second-order valence-corrected chi connectivity index (χ2v) is 7.93. The number of nitrogens with one attached hydrogen (secondary N) is 1. The molecule has 33 heavy (non-hydrogen) atoms. The van der Waals surface area contributed by atoms with Crippen molar-refractivity contribution in [1.82, 2.24) is 5.01 Å². The molecule has 1 atom stereocenters. The van der Waals surface area contributed by atoms with Crippen LogP contribution in [-0.4, -0.2) is 51.0 Å². The van der Waals surface area contributed by atoms with Gasteiger partial charge < -0.3 is 19.5 Å². The molecule has 7 heteroatoms.